The van der Waals surface area contributed by atoms with Gasteiger partial charge in [0.1, 0.15) is 5.75 Å². The largest absolute Gasteiger partial charge is 0.497 e. The minimum absolute atomic E-state index is 0.215. The zero-order chi connectivity index (χ0) is 14.5. The third-order valence-electron chi connectivity index (χ3n) is 2.52. The summed E-state index contributed by atoms with van der Waals surface area (Å²) in [6.45, 7) is 0. The molecule has 1 aromatic heterocycles. The lowest BCUT2D eigenvalue weighted by Gasteiger charge is -2.09. The van der Waals surface area contributed by atoms with Gasteiger partial charge >= 0.3 is 0 Å². The number of ether oxygens (including phenoxy) is 1. The highest BCUT2D eigenvalue weighted by molar-refractivity contribution is 7.80. The Labute approximate surface area is 121 Å². The van der Waals surface area contributed by atoms with E-state index in [0.29, 0.717) is 11.3 Å². The van der Waals surface area contributed by atoms with Crippen LogP contribution in [0.15, 0.2) is 36.7 Å². The molecule has 0 saturated carbocycles. The zero-order valence-electron chi connectivity index (χ0n) is 11.1. The van der Waals surface area contributed by atoms with Crippen molar-refractivity contribution >= 4 is 28.9 Å². The molecule has 1 amide bonds. The van der Waals surface area contributed by atoms with E-state index in [4.69, 9.17) is 17.0 Å². The topological polar surface area (TPSA) is 68.2 Å². The molecule has 6 nitrogen and oxygen atoms in total. The van der Waals surface area contributed by atoms with Gasteiger partial charge in [0.15, 0.2) is 5.11 Å². The number of amides is 1. The molecule has 1 aromatic carbocycles. The van der Waals surface area contributed by atoms with Gasteiger partial charge in [0.2, 0.25) is 0 Å². The monoisotopic (exact) mass is 290 g/mol. The lowest BCUT2D eigenvalue weighted by Crippen LogP contribution is -2.33. The van der Waals surface area contributed by atoms with E-state index in [1.165, 1.54) is 6.20 Å². The third kappa shape index (κ3) is 3.55. The maximum Gasteiger partial charge on any atom is 0.260 e. The molecular formula is C13H14N4O2S. The molecule has 0 bridgehead atoms. The number of aromatic nitrogens is 2. The standard InChI is InChI=1S/C13H14N4O2S/c1-17-8-9(7-14-17)12(18)16-13(20)15-10-4-3-5-11(6-10)19-2/h3-8H,1-2H3,(H2,15,16,18,20). The summed E-state index contributed by atoms with van der Waals surface area (Å²) in [5, 5.41) is 9.64. The van der Waals surface area contributed by atoms with Gasteiger partial charge in [-0.05, 0) is 24.4 Å². The zero-order valence-corrected chi connectivity index (χ0v) is 11.9. The predicted octanol–water partition coefficient (Wildman–Crippen LogP) is 1.56. The van der Waals surface area contributed by atoms with Crippen molar-refractivity contribution < 1.29 is 9.53 Å². The summed E-state index contributed by atoms with van der Waals surface area (Å²) in [7, 11) is 3.32. The molecule has 0 saturated heterocycles. The number of hydrogen-bond acceptors (Lipinski definition) is 4. The quantitative estimate of drug-likeness (QED) is 0.840. The summed E-state index contributed by atoms with van der Waals surface area (Å²) >= 11 is 5.09. The summed E-state index contributed by atoms with van der Waals surface area (Å²) in [6.07, 6.45) is 3.09. The van der Waals surface area contributed by atoms with Gasteiger partial charge in [-0.3, -0.25) is 14.8 Å². The van der Waals surface area contributed by atoms with E-state index in [2.05, 4.69) is 15.7 Å². The van der Waals surface area contributed by atoms with Crippen molar-refractivity contribution in [2.45, 2.75) is 0 Å². The fraction of sp³-hybridized carbons (Fsp3) is 0.154. The third-order valence-corrected chi connectivity index (χ3v) is 2.73. The van der Waals surface area contributed by atoms with Crippen LogP contribution in [0.1, 0.15) is 10.4 Å². The van der Waals surface area contributed by atoms with E-state index < -0.39 is 0 Å². The first-order chi connectivity index (χ1) is 9.58. The van der Waals surface area contributed by atoms with Crippen molar-refractivity contribution in [2.24, 2.45) is 7.05 Å². The summed E-state index contributed by atoms with van der Waals surface area (Å²) in [6, 6.07) is 7.25. The smallest absolute Gasteiger partial charge is 0.260 e. The Kier molecular flexibility index (Phi) is 4.31. The van der Waals surface area contributed by atoms with Crippen LogP contribution < -0.4 is 15.4 Å². The highest BCUT2D eigenvalue weighted by Gasteiger charge is 2.09. The molecule has 0 aliphatic rings. The van der Waals surface area contributed by atoms with Crippen LogP contribution in [0.4, 0.5) is 5.69 Å². The number of nitrogens with one attached hydrogen (secondary N) is 2. The van der Waals surface area contributed by atoms with Crippen LogP contribution in [0.2, 0.25) is 0 Å². The fourth-order valence-electron chi connectivity index (χ4n) is 1.58. The van der Waals surface area contributed by atoms with Gasteiger partial charge < -0.3 is 10.1 Å². The Bertz CT molecular complexity index is 639. The average Bonchev–Trinajstić information content (AvgIpc) is 2.85. The second-order valence-corrected chi connectivity index (χ2v) is 4.45. The van der Waals surface area contributed by atoms with Gasteiger partial charge in [0.05, 0.1) is 18.9 Å². The highest BCUT2D eigenvalue weighted by atomic mass is 32.1. The molecule has 2 aromatic rings. The maximum absolute atomic E-state index is 11.9. The number of thiocarbonyl (C=S) groups is 1. The van der Waals surface area contributed by atoms with Crippen LogP contribution in [0, 0.1) is 0 Å². The molecular weight excluding hydrogens is 276 g/mol. The number of hydrogen-bond donors (Lipinski definition) is 2. The molecule has 2 rings (SSSR count). The molecule has 0 fully saturated rings. The van der Waals surface area contributed by atoms with E-state index in [1.54, 1.807) is 31.1 Å². The van der Waals surface area contributed by atoms with Crippen molar-refractivity contribution in [3.8, 4) is 5.75 Å². The van der Waals surface area contributed by atoms with Crippen LogP contribution in [-0.2, 0) is 7.05 Å². The average molecular weight is 290 g/mol. The van der Waals surface area contributed by atoms with E-state index in [-0.39, 0.29) is 11.0 Å². The normalized spacial score (nSPS) is 9.90. The summed E-state index contributed by atoms with van der Waals surface area (Å²) in [5.74, 6) is 0.398. The van der Waals surface area contributed by atoms with Crippen LogP contribution >= 0.6 is 12.2 Å². The number of anilines is 1. The highest BCUT2D eigenvalue weighted by Crippen LogP contribution is 2.16. The van der Waals surface area contributed by atoms with Gasteiger partial charge in [-0.25, -0.2) is 0 Å². The van der Waals surface area contributed by atoms with Gasteiger partial charge in [0, 0.05) is 25.0 Å². The maximum atomic E-state index is 11.9. The minimum Gasteiger partial charge on any atom is -0.497 e. The van der Waals surface area contributed by atoms with Crippen molar-refractivity contribution in [1.29, 1.82) is 0 Å². The molecule has 1 heterocycles. The van der Waals surface area contributed by atoms with Gasteiger partial charge in [-0.2, -0.15) is 5.10 Å². The summed E-state index contributed by atoms with van der Waals surface area (Å²) < 4.78 is 6.66. The number of aryl methyl sites for hydroxylation is 1. The molecule has 0 aliphatic heterocycles. The SMILES string of the molecule is COc1cccc(NC(=S)NC(=O)c2cnn(C)c2)c1. The van der Waals surface area contributed by atoms with E-state index >= 15 is 0 Å². The van der Waals surface area contributed by atoms with Crippen LogP contribution in [0.5, 0.6) is 5.75 Å². The fourth-order valence-corrected chi connectivity index (χ4v) is 1.79. The molecule has 7 heteroatoms. The number of rotatable bonds is 3. The molecule has 20 heavy (non-hydrogen) atoms. The molecule has 0 spiro atoms. The van der Waals surface area contributed by atoms with Crippen molar-refractivity contribution in [2.75, 3.05) is 12.4 Å². The van der Waals surface area contributed by atoms with Crippen molar-refractivity contribution in [1.82, 2.24) is 15.1 Å². The number of nitrogens with zero attached hydrogens (tertiary/aromatic N) is 2. The molecule has 0 unspecified atom stereocenters. The van der Waals surface area contributed by atoms with E-state index in [1.807, 2.05) is 18.2 Å². The van der Waals surface area contributed by atoms with Gasteiger partial charge in [-0.1, -0.05) is 6.07 Å². The Balaban J connectivity index is 1.96. The lowest BCUT2D eigenvalue weighted by molar-refractivity contribution is 0.0977. The molecule has 0 aliphatic carbocycles. The Morgan fingerprint density at radius 1 is 1.45 bits per heavy atom. The Morgan fingerprint density at radius 2 is 2.25 bits per heavy atom. The number of carbonyl (C=O) groups excluding carboxylic acids is 1. The van der Waals surface area contributed by atoms with E-state index in [0.717, 1.165) is 5.69 Å². The second-order valence-electron chi connectivity index (χ2n) is 4.04. The van der Waals surface area contributed by atoms with Crippen molar-refractivity contribution in [3.05, 3.63) is 42.2 Å². The van der Waals surface area contributed by atoms with Gasteiger partial charge in [0.25, 0.3) is 5.91 Å². The molecule has 0 radical (unpaired) electrons. The molecule has 104 valence electrons. The first-order valence-electron chi connectivity index (χ1n) is 5.83. The Morgan fingerprint density at radius 3 is 2.90 bits per heavy atom. The van der Waals surface area contributed by atoms with Gasteiger partial charge in [-0.15, -0.1) is 0 Å². The van der Waals surface area contributed by atoms with Crippen LogP contribution in [0.25, 0.3) is 0 Å². The lowest BCUT2D eigenvalue weighted by atomic mass is 10.3. The first-order valence-corrected chi connectivity index (χ1v) is 6.24. The van der Waals surface area contributed by atoms with Crippen molar-refractivity contribution in [3.63, 3.8) is 0 Å². The number of benzene rings is 1. The first kappa shape index (κ1) is 14.0. The summed E-state index contributed by atoms with van der Waals surface area (Å²) in [5.41, 5.74) is 1.18. The number of carbonyl (C=O) groups is 1. The van der Waals surface area contributed by atoms with Crippen LogP contribution in [-0.4, -0.2) is 27.9 Å². The second kappa shape index (κ2) is 6.16. The van der Waals surface area contributed by atoms with Crippen LogP contribution in [0.3, 0.4) is 0 Å². The van der Waals surface area contributed by atoms with E-state index in [9.17, 15) is 4.79 Å². The Hall–Kier alpha value is -2.41. The molecule has 2 N–H and O–H groups in total. The summed E-state index contributed by atoms with van der Waals surface area (Å²) in [4.78, 5) is 11.9. The predicted molar refractivity (Wildman–Crippen MR) is 79.9 cm³/mol. The molecule has 0 atom stereocenters. The number of methoxy groups -OCH3 is 1. The minimum atomic E-state index is -0.307.